The summed E-state index contributed by atoms with van der Waals surface area (Å²) in [5, 5.41) is 6.01. The molecule has 0 saturated carbocycles. The van der Waals surface area contributed by atoms with E-state index in [1.54, 1.807) is 24.4 Å². The Morgan fingerprint density at radius 1 is 1.23 bits per heavy atom. The van der Waals surface area contributed by atoms with Crippen LogP contribution in [-0.2, 0) is 6.42 Å². The van der Waals surface area contributed by atoms with Crippen LogP contribution in [0.3, 0.4) is 0 Å². The summed E-state index contributed by atoms with van der Waals surface area (Å²) in [4.78, 5) is 16.3. The number of aryl methyl sites for hydroxylation is 1. The summed E-state index contributed by atoms with van der Waals surface area (Å²) in [5.41, 5.74) is 1.90. The highest BCUT2D eigenvalue weighted by Crippen LogP contribution is 2.07. The Hall–Kier alpha value is -2.62. The molecule has 0 unspecified atom stereocenters. The molecular formula is C18H21N3O. The van der Waals surface area contributed by atoms with Crippen LogP contribution in [0.4, 0.5) is 5.82 Å². The van der Waals surface area contributed by atoms with E-state index in [4.69, 9.17) is 0 Å². The Bertz CT molecular complexity index is 611. The van der Waals surface area contributed by atoms with Gasteiger partial charge in [-0.1, -0.05) is 36.4 Å². The molecule has 1 aromatic heterocycles. The third-order valence-corrected chi connectivity index (χ3v) is 3.22. The van der Waals surface area contributed by atoms with Gasteiger partial charge in [-0.2, -0.15) is 0 Å². The van der Waals surface area contributed by atoms with E-state index >= 15 is 0 Å². The molecule has 2 aromatic rings. The lowest BCUT2D eigenvalue weighted by molar-refractivity contribution is 0.0953. The van der Waals surface area contributed by atoms with E-state index in [1.807, 2.05) is 18.2 Å². The number of nitrogens with one attached hydrogen (secondary N) is 2. The molecule has 0 aliphatic rings. The molecule has 1 amide bonds. The molecule has 4 heteroatoms. The van der Waals surface area contributed by atoms with Gasteiger partial charge in [0.15, 0.2) is 0 Å². The number of rotatable bonds is 8. The van der Waals surface area contributed by atoms with E-state index in [-0.39, 0.29) is 5.91 Å². The standard InChI is InChI=1S/C18H21N3O/c1-2-11-19-17-14-16(10-13-20-17)18(22)21-12-6-9-15-7-4-3-5-8-15/h2-5,7-8,10,13-14H,1,6,9,11-12H2,(H,19,20)(H,21,22). The van der Waals surface area contributed by atoms with Crippen LogP contribution in [0.15, 0.2) is 61.3 Å². The number of nitrogens with zero attached hydrogens (tertiary/aromatic N) is 1. The maximum atomic E-state index is 12.1. The zero-order valence-corrected chi connectivity index (χ0v) is 12.6. The summed E-state index contributed by atoms with van der Waals surface area (Å²) >= 11 is 0. The molecule has 2 rings (SSSR count). The number of anilines is 1. The SMILES string of the molecule is C=CCNc1cc(C(=O)NCCCc2ccccc2)ccn1. The number of aromatic nitrogens is 1. The van der Waals surface area contributed by atoms with Gasteiger partial charge >= 0.3 is 0 Å². The molecule has 114 valence electrons. The van der Waals surface area contributed by atoms with Crippen LogP contribution in [0.5, 0.6) is 0 Å². The fourth-order valence-corrected chi connectivity index (χ4v) is 2.09. The minimum absolute atomic E-state index is 0.0721. The van der Waals surface area contributed by atoms with E-state index < -0.39 is 0 Å². The molecule has 0 aliphatic heterocycles. The minimum atomic E-state index is -0.0721. The predicted molar refractivity (Wildman–Crippen MR) is 90.0 cm³/mol. The quantitative estimate of drug-likeness (QED) is 0.581. The van der Waals surface area contributed by atoms with Gasteiger partial charge in [0.1, 0.15) is 5.82 Å². The van der Waals surface area contributed by atoms with Crippen molar-refractivity contribution < 1.29 is 4.79 Å². The van der Waals surface area contributed by atoms with E-state index in [0.717, 1.165) is 12.8 Å². The Morgan fingerprint density at radius 3 is 2.82 bits per heavy atom. The zero-order valence-electron chi connectivity index (χ0n) is 12.6. The number of carbonyl (C=O) groups excluding carboxylic acids is 1. The lowest BCUT2D eigenvalue weighted by Crippen LogP contribution is -2.25. The van der Waals surface area contributed by atoms with Gasteiger partial charge in [-0.3, -0.25) is 4.79 Å². The van der Waals surface area contributed by atoms with Crippen molar-refractivity contribution in [2.24, 2.45) is 0 Å². The van der Waals surface area contributed by atoms with Crippen LogP contribution in [-0.4, -0.2) is 24.0 Å². The fraction of sp³-hybridized carbons (Fsp3) is 0.222. The van der Waals surface area contributed by atoms with Crippen molar-refractivity contribution in [3.63, 3.8) is 0 Å². The first-order chi connectivity index (χ1) is 10.8. The largest absolute Gasteiger partial charge is 0.367 e. The van der Waals surface area contributed by atoms with Crippen molar-refractivity contribution in [1.82, 2.24) is 10.3 Å². The number of hydrogen-bond donors (Lipinski definition) is 2. The summed E-state index contributed by atoms with van der Waals surface area (Å²) in [5.74, 6) is 0.606. The molecule has 22 heavy (non-hydrogen) atoms. The third-order valence-electron chi connectivity index (χ3n) is 3.22. The van der Waals surface area contributed by atoms with Crippen LogP contribution in [0, 0.1) is 0 Å². The Balaban J connectivity index is 1.78. The van der Waals surface area contributed by atoms with Gasteiger partial charge in [-0.05, 0) is 30.5 Å². The average Bonchev–Trinajstić information content (AvgIpc) is 2.58. The highest BCUT2D eigenvalue weighted by Gasteiger charge is 2.06. The van der Waals surface area contributed by atoms with Crippen LogP contribution in [0.25, 0.3) is 0 Å². The van der Waals surface area contributed by atoms with Crippen LogP contribution < -0.4 is 10.6 Å². The van der Waals surface area contributed by atoms with Gasteiger partial charge in [0.25, 0.3) is 5.91 Å². The Kier molecular flexibility index (Phi) is 6.18. The summed E-state index contributed by atoms with van der Waals surface area (Å²) in [6.45, 7) is 4.92. The van der Waals surface area contributed by atoms with Crippen LogP contribution in [0.2, 0.25) is 0 Å². The molecule has 0 radical (unpaired) electrons. The fourth-order valence-electron chi connectivity index (χ4n) is 2.09. The molecule has 0 aliphatic carbocycles. The van der Waals surface area contributed by atoms with Gasteiger partial charge in [-0.25, -0.2) is 4.98 Å². The normalized spacial score (nSPS) is 10.0. The molecule has 0 fully saturated rings. The van der Waals surface area contributed by atoms with Gasteiger partial charge < -0.3 is 10.6 Å². The van der Waals surface area contributed by atoms with Crippen molar-refractivity contribution in [3.05, 3.63) is 72.4 Å². The Morgan fingerprint density at radius 2 is 2.05 bits per heavy atom. The number of hydrogen-bond acceptors (Lipinski definition) is 3. The summed E-state index contributed by atoms with van der Waals surface area (Å²) in [7, 11) is 0. The Labute approximate surface area is 131 Å². The second-order valence-corrected chi connectivity index (χ2v) is 4.94. The van der Waals surface area contributed by atoms with Crippen molar-refractivity contribution >= 4 is 11.7 Å². The molecule has 0 bridgehead atoms. The lowest BCUT2D eigenvalue weighted by Gasteiger charge is -2.07. The number of carbonyl (C=O) groups is 1. The van der Waals surface area contributed by atoms with Crippen molar-refractivity contribution in [3.8, 4) is 0 Å². The van der Waals surface area contributed by atoms with Crippen LogP contribution in [0.1, 0.15) is 22.3 Å². The topological polar surface area (TPSA) is 54.0 Å². The molecule has 0 spiro atoms. The molecule has 1 heterocycles. The van der Waals surface area contributed by atoms with Gasteiger partial charge in [0.05, 0.1) is 0 Å². The number of benzene rings is 1. The second kappa shape index (κ2) is 8.62. The third kappa shape index (κ3) is 5.05. The summed E-state index contributed by atoms with van der Waals surface area (Å²) in [6.07, 6.45) is 5.26. The molecule has 0 atom stereocenters. The first-order valence-corrected chi connectivity index (χ1v) is 7.42. The second-order valence-electron chi connectivity index (χ2n) is 4.94. The highest BCUT2D eigenvalue weighted by atomic mass is 16.1. The molecule has 4 nitrogen and oxygen atoms in total. The van der Waals surface area contributed by atoms with Crippen molar-refractivity contribution in [2.75, 3.05) is 18.4 Å². The molecule has 0 saturated heterocycles. The molecule has 1 aromatic carbocycles. The van der Waals surface area contributed by atoms with E-state index in [0.29, 0.717) is 24.5 Å². The monoisotopic (exact) mass is 295 g/mol. The zero-order chi connectivity index (χ0) is 15.6. The first-order valence-electron chi connectivity index (χ1n) is 7.42. The predicted octanol–water partition coefficient (Wildman–Crippen LogP) is 3.04. The first kappa shape index (κ1) is 15.8. The van der Waals surface area contributed by atoms with E-state index in [9.17, 15) is 4.79 Å². The van der Waals surface area contributed by atoms with Gasteiger partial charge in [0, 0.05) is 24.8 Å². The number of amides is 1. The van der Waals surface area contributed by atoms with Crippen molar-refractivity contribution in [2.45, 2.75) is 12.8 Å². The van der Waals surface area contributed by atoms with E-state index in [2.05, 4.69) is 34.3 Å². The van der Waals surface area contributed by atoms with Gasteiger partial charge in [0.2, 0.25) is 0 Å². The highest BCUT2D eigenvalue weighted by molar-refractivity contribution is 5.94. The maximum absolute atomic E-state index is 12.1. The average molecular weight is 295 g/mol. The maximum Gasteiger partial charge on any atom is 0.251 e. The smallest absolute Gasteiger partial charge is 0.251 e. The summed E-state index contributed by atoms with van der Waals surface area (Å²) in [6, 6.07) is 13.7. The lowest BCUT2D eigenvalue weighted by atomic mass is 10.1. The number of pyridine rings is 1. The minimum Gasteiger partial charge on any atom is -0.367 e. The molecular weight excluding hydrogens is 274 g/mol. The summed E-state index contributed by atoms with van der Waals surface area (Å²) < 4.78 is 0. The van der Waals surface area contributed by atoms with E-state index in [1.165, 1.54) is 5.56 Å². The molecule has 2 N–H and O–H groups in total. The van der Waals surface area contributed by atoms with Gasteiger partial charge in [-0.15, -0.1) is 6.58 Å². The van der Waals surface area contributed by atoms with Crippen molar-refractivity contribution in [1.29, 1.82) is 0 Å². The van der Waals surface area contributed by atoms with Crippen LogP contribution >= 0.6 is 0 Å².